The summed E-state index contributed by atoms with van der Waals surface area (Å²) in [5, 5.41) is 14.9. The van der Waals surface area contributed by atoms with Gasteiger partial charge in [0, 0.05) is 29.2 Å². The summed E-state index contributed by atoms with van der Waals surface area (Å²) >= 11 is 9.33. The molecule has 0 bridgehead atoms. The van der Waals surface area contributed by atoms with E-state index in [1.165, 1.54) is 6.07 Å². The lowest BCUT2D eigenvalue weighted by Crippen LogP contribution is -2.14. The van der Waals surface area contributed by atoms with Gasteiger partial charge in [-0.1, -0.05) is 29.8 Å². The van der Waals surface area contributed by atoms with Crippen LogP contribution in [0, 0.1) is 17.0 Å². The van der Waals surface area contributed by atoms with Gasteiger partial charge in [0.05, 0.1) is 9.95 Å². The molecule has 0 atom stereocenters. The molecule has 0 aromatic heterocycles. The summed E-state index contributed by atoms with van der Waals surface area (Å²) in [6, 6.07) is 10.9. The van der Waals surface area contributed by atoms with Gasteiger partial charge in [0.25, 0.3) is 5.69 Å². The molecule has 0 aliphatic heterocycles. The van der Waals surface area contributed by atoms with E-state index in [2.05, 4.69) is 21.2 Å². The monoisotopic (exact) mass is 368 g/mol. The SMILES string of the molecule is Cc1c(CNCc2ccc(Cl)c(Br)c2)cccc1[N+](=O)[O-]. The first kappa shape index (κ1) is 15.9. The van der Waals surface area contributed by atoms with Crippen molar-refractivity contribution < 1.29 is 4.92 Å². The molecule has 0 aliphatic carbocycles. The van der Waals surface area contributed by atoms with Crippen LogP contribution in [0.4, 0.5) is 5.69 Å². The first-order valence-corrected chi connectivity index (χ1v) is 7.53. The maximum absolute atomic E-state index is 10.9. The van der Waals surface area contributed by atoms with Gasteiger partial charge in [-0.05, 0) is 46.1 Å². The topological polar surface area (TPSA) is 55.2 Å². The van der Waals surface area contributed by atoms with Crippen LogP contribution >= 0.6 is 27.5 Å². The fourth-order valence-corrected chi connectivity index (χ4v) is 2.59. The van der Waals surface area contributed by atoms with E-state index < -0.39 is 0 Å². The quantitative estimate of drug-likeness (QED) is 0.618. The van der Waals surface area contributed by atoms with Crippen molar-refractivity contribution in [3.8, 4) is 0 Å². The Kier molecular flexibility index (Phi) is 5.33. The van der Waals surface area contributed by atoms with E-state index in [9.17, 15) is 10.1 Å². The van der Waals surface area contributed by atoms with Gasteiger partial charge >= 0.3 is 0 Å². The number of nitrogens with zero attached hydrogens (tertiary/aromatic N) is 1. The van der Waals surface area contributed by atoms with Crippen LogP contribution < -0.4 is 5.32 Å². The average Bonchev–Trinajstić information content (AvgIpc) is 2.44. The molecule has 2 aromatic carbocycles. The molecule has 4 nitrogen and oxygen atoms in total. The van der Waals surface area contributed by atoms with Gasteiger partial charge in [-0.15, -0.1) is 0 Å². The third kappa shape index (κ3) is 4.03. The van der Waals surface area contributed by atoms with Gasteiger partial charge in [-0.2, -0.15) is 0 Å². The normalized spacial score (nSPS) is 10.6. The van der Waals surface area contributed by atoms with E-state index in [0.717, 1.165) is 15.6 Å². The summed E-state index contributed by atoms with van der Waals surface area (Å²) in [7, 11) is 0. The summed E-state index contributed by atoms with van der Waals surface area (Å²) in [6.07, 6.45) is 0. The first-order valence-electron chi connectivity index (χ1n) is 6.36. The number of benzene rings is 2. The molecule has 6 heteroatoms. The van der Waals surface area contributed by atoms with Crippen LogP contribution in [0.5, 0.6) is 0 Å². The van der Waals surface area contributed by atoms with Crippen LogP contribution in [0.25, 0.3) is 0 Å². The lowest BCUT2D eigenvalue weighted by Gasteiger charge is -2.09. The number of hydrogen-bond donors (Lipinski definition) is 1. The van der Waals surface area contributed by atoms with Gasteiger partial charge in [0.15, 0.2) is 0 Å². The Labute approximate surface area is 136 Å². The number of halogens is 2. The molecule has 1 N–H and O–H groups in total. The van der Waals surface area contributed by atoms with Crippen LogP contribution in [0.3, 0.4) is 0 Å². The van der Waals surface area contributed by atoms with Crippen molar-refractivity contribution in [3.63, 3.8) is 0 Å². The fourth-order valence-electron chi connectivity index (χ4n) is 2.05. The van der Waals surface area contributed by atoms with E-state index in [1.54, 1.807) is 13.0 Å². The zero-order valence-electron chi connectivity index (χ0n) is 11.4. The maximum Gasteiger partial charge on any atom is 0.272 e. The van der Waals surface area contributed by atoms with E-state index in [1.807, 2.05) is 24.3 Å². The Morgan fingerprint density at radius 3 is 2.71 bits per heavy atom. The predicted octanol–water partition coefficient (Wildman–Crippen LogP) is 4.61. The molecule has 0 saturated heterocycles. The molecule has 0 spiro atoms. The van der Waals surface area contributed by atoms with Gasteiger partial charge in [-0.3, -0.25) is 10.1 Å². The van der Waals surface area contributed by atoms with Crippen molar-refractivity contribution in [1.29, 1.82) is 0 Å². The third-order valence-corrected chi connectivity index (χ3v) is 4.46. The van der Waals surface area contributed by atoms with Crippen molar-refractivity contribution in [1.82, 2.24) is 5.32 Å². The Bertz CT molecular complexity index is 677. The molecule has 0 unspecified atom stereocenters. The summed E-state index contributed by atoms with van der Waals surface area (Å²) in [6.45, 7) is 3.01. The zero-order valence-corrected chi connectivity index (χ0v) is 13.7. The highest BCUT2D eigenvalue weighted by Crippen LogP contribution is 2.23. The molecular formula is C15H14BrClN2O2. The minimum Gasteiger partial charge on any atom is -0.309 e. The van der Waals surface area contributed by atoms with Gasteiger partial charge < -0.3 is 5.32 Å². The van der Waals surface area contributed by atoms with Crippen LogP contribution in [-0.4, -0.2) is 4.92 Å². The highest BCUT2D eigenvalue weighted by atomic mass is 79.9. The van der Waals surface area contributed by atoms with E-state index >= 15 is 0 Å². The number of nitro benzene ring substituents is 1. The minimum atomic E-state index is -0.352. The molecule has 2 rings (SSSR count). The molecule has 21 heavy (non-hydrogen) atoms. The predicted molar refractivity (Wildman–Crippen MR) is 87.5 cm³/mol. The standard InChI is InChI=1S/C15H14BrClN2O2/c1-10-12(3-2-4-15(10)19(20)21)9-18-8-11-5-6-14(17)13(16)7-11/h2-7,18H,8-9H2,1H3. The van der Waals surface area contributed by atoms with Crippen molar-refractivity contribution >= 4 is 33.2 Å². The second kappa shape index (κ2) is 7.02. The molecule has 0 amide bonds. The third-order valence-electron chi connectivity index (χ3n) is 3.24. The second-order valence-electron chi connectivity index (χ2n) is 4.67. The fraction of sp³-hybridized carbons (Fsp3) is 0.200. The second-order valence-corrected chi connectivity index (χ2v) is 5.93. The number of nitrogens with one attached hydrogen (secondary N) is 1. The average molecular weight is 370 g/mol. The Morgan fingerprint density at radius 1 is 1.29 bits per heavy atom. The maximum atomic E-state index is 10.9. The van der Waals surface area contributed by atoms with Crippen LogP contribution in [0.2, 0.25) is 5.02 Å². The minimum absolute atomic E-state index is 0.156. The zero-order chi connectivity index (χ0) is 15.4. The molecule has 0 fully saturated rings. The van der Waals surface area contributed by atoms with E-state index in [4.69, 9.17) is 11.6 Å². The van der Waals surface area contributed by atoms with E-state index in [0.29, 0.717) is 23.7 Å². The van der Waals surface area contributed by atoms with Crippen molar-refractivity contribution in [3.05, 3.63) is 72.7 Å². The molecule has 2 aromatic rings. The summed E-state index contributed by atoms with van der Waals surface area (Å²) in [5.74, 6) is 0. The van der Waals surface area contributed by atoms with Crippen LogP contribution in [-0.2, 0) is 13.1 Å². The number of hydrogen-bond acceptors (Lipinski definition) is 3. The molecule has 0 radical (unpaired) electrons. The molecule has 110 valence electrons. The highest BCUT2D eigenvalue weighted by Gasteiger charge is 2.12. The first-order chi connectivity index (χ1) is 9.99. The highest BCUT2D eigenvalue weighted by molar-refractivity contribution is 9.10. The number of nitro groups is 1. The van der Waals surface area contributed by atoms with Crippen molar-refractivity contribution in [2.24, 2.45) is 0 Å². The summed E-state index contributed by atoms with van der Waals surface area (Å²) < 4.78 is 0.856. The smallest absolute Gasteiger partial charge is 0.272 e. The number of rotatable bonds is 5. The molecule has 0 aliphatic rings. The van der Waals surface area contributed by atoms with Crippen LogP contribution in [0.1, 0.15) is 16.7 Å². The van der Waals surface area contributed by atoms with Crippen molar-refractivity contribution in [2.45, 2.75) is 20.0 Å². The van der Waals surface area contributed by atoms with Gasteiger partial charge in [-0.25, -0.2) is 0 Å². The molecule has 0 heterocycles. The van der Waals surface area contributed by atoms with Gasteiger partial charge in [0.2, 0.25) is 0 Å². The van der Waals surface area contributed by atoms with Crippen LogP contribution in [0.15, 0.2) is 40.9 Å². The lowest BCUT2D eigenvalue weighted by molar-refractivity contribution is -0.385. The van der Waals surface area contributed by atoms with Crippen molar-refractivity contribution in [2.75, 3.05) is 0 Å². The summed E-state index contributed by atoms with van der Waals surface area (Å²) in [4.78, 5) is 10.6. The molecular weight excluding hydrogens is 356 g/mol. The Balaban J connectivity index is 2.02. The van der Waals surface area contributed by atoms with Gasteiger partial charge in [0.1, 0.15) is 0 Å². The Morgan fingerprint density at radius 2 is 2.05 bits per heavy atom. The Hall–Kier alpha value is -1.43. The largest absolute Gasteiger partial charge is 0.309 e. The lowest BCUT2D eigenvalue weighted by atomic mass is 10.1. The molecule has 0 saturated carbocycles. The van der Waals surface area contributed by atoms with E-state index in [-0.39, 0.29) is 10.6 Å². The summed E-state index contributed by atoms with van der Waals surface area (Å²) in [5.41, 5.74) is 2.88.